The average molecular weight is 494 g/mol. The number of pyridine rings is 1. The molecule has 0 bridgehead atoms. The van der Waals surface area contributed by atoms with E-state index in [1.807, 2.05) is 37.4 Å². The van der Waals surface area contributed by atoms with Gasteiger partial charge in [0.15, 0.2) is 11.8 Å². The zero-order chi connectivity index (χ0) is 19.2. The van der Waals surface area contributed by atoms with Crippen molar-refractivity contribution < 1.29 is 4.39 Å². The van der Waals surface area contributed by atoms with Gasteiger partial charge in [0.05, 0.1) is 6.04 Å². The lowest BCUT2D eigenvalue weighted by Gasteiger charge is -2.19. The van der Waals surface area contributed by atoms with Crippen LogP contribution >= 0.6 is 24.0 Å². The molecular weight excluding hydrogens is 470 g/mol. The molecule has 3 rings (SSSR count). The molecule has 1 unspecified atom stereocenters. The molecule has 0 aliphatic heterocycles. The lowest BCUT2D eigenvalue weighted by molar-refractivity contribution is 0.607. The van der Waals surface area contributed by atoms with Crippen molar-refractivity contribution >= 4 is 29.9 Å². The van der Waals surface area contributed by atoms with E-state index in [2.05, 4.69) is 25.7 Å². The fraction of sp³-hybridized carbons (Fsp3) is 0.250. The Hall–Kier alpha value is -2.49. The Balaban J connectivity index is 0.00000280. The minimum absolute atomic E-state index is 0. The molecule has 28 heavy (non-hydrogen) atoms. The molecule has 8 heteroatoms. The predicted octanol–water partition coefficient (Wildman–Crippen LogP) is 3.76. The number of benzene rings is 1. The Bertz CT molecular complexity index is 926. The molecule has 0 saturated carbocycles. The number of aryl methyl sites for hydroxylation is 1. The Morgan fingerprint density at radius 3 is 2.75 bits per heavy atom. The summed E-state index contributed by atoms with van der Waals surface area (Å²) < 4.78 is 15.5. The largest absolute Gasteiger partial charge is 0.352 e. The molecular formula is C20H24FIN6. The van der Waals surface area contributed by atoms with Crippen LogP contribution in [0.4, 0.5) is 4.39 Å². The van der Waals surface area contributed by atoms with Crippen LogP contribution in [0.5, 0.6) is 0 Å². The van der Waals surface area contributed by atoms with Crippen LogP contribution in [0.2, 0.25) is 0 Å². The van der Waals surface area contributed by atoms with Crippen molar-refractivity contribution in [3.8, 4) is 5.82 Å². The average Bonchev–Trinajstić information content (AvgIpc) is 3.22. The highest BCUT2D eigenvalue weighted by Crippen LogP contribution is 2.16. The standard InChI is InChI=1S/C20H23FN6.HI/c1-14-5-6-17(12-18(14)21)15(2)26-20(22-3)24-13-16-7-9-23-19(11-16)27-10-4-8-25-27;/h4-12,15H,13H2,1-3H3,(H2,22,24,26);1H. The number of halogens is 2. The number of hydrogen-bond donors (Lipinski definition) is 2. The molecule has 2 heterocycles. The summed E-state index contributed by atoms with van der Waals surface area (Å²) in [6.07, 6.45) is 5.32. The van der Waals surface area contributed by atoms with E-state index >= 15 is 0 Å². The van der Waals surface area contributed by atoms with E-state index in [1.165, 1.54) is 0 Å². The van der Waals surface area contributed by atoms with Gasteiger partial charge in [-0.1, -0.05) is 12.1 Å². The van der Waals surface area contributed by atoms with Gasteiger partial charge >= 0.3 is 0 Å². The van der Waals surface area contributed by atoms with Crippen molar-refractivity contribution in [2.24, 2.45) is 4.99 Å². The first kappa shape index (κ1) is 21.8. The lowest BCUT2D eigenvalue weighted by Crippen LogP contribution is -2.38. The molecule has 0 saturated heterocycles. The van der Waals surface area contributed by atoms with Crippen LogP contribution in [-0.2, 0) is 6.54 Å². The van der Waals surface area contributed by atoms with Crippen molar-refractivity contribution in [3.05, 3.63) is 77.5 Å². The highest BCUT2D eigenvalue weighted by Gasteiger charge is 2.10. The fourth-order valence-corrected chi connectivity index (χ4v) is 2.65. The van der Waals surface area contributed by atoms with Gasteiger partial charge in [-0.3, -0.25) is 4.99 Å². The van der Waals surface area contributed by atoms with E-state index in [1.54, 1.807) is 43.2 Å². The maximum Gasteiger partial charge on any atom is 0.191 e. The lowest BCUT2D eigenvalue weighted by atomic mass is 10.1. The molecule has 6 nitrogen and oxygen atoms in total. The van der Waals surface area contributed by atoms with Gasteiger partial charge in [-0.15, -0.1) is 24.0 Å². The van der Waals surface area contributed by atoms with E-state index in [0.717, 1.165) is 16.9 Å². The molecule has 0 spiro atoms. The number of nitrogens with zero attached hydrogens (tertiary/aromatic N) is 4. The van der Waals surface area contributed by atoms with E-state index in [9.17, 15) is 4.39 Å². The Morgan fingerprint density at radius 1 is 1.25 bits per heavy atom. The summed E-state index contributed by atoms with van der Waals surface area (Å²) in [5.41, 5.74) is 2.55. The van der Waals surface area contributed by atoms with Crippen LogP contribution in [0.1, 0.15) is 29.7 Å². The number of rotatable bonds is 5. The number of guanidine groups is 1. The van der Waals surface area contributed by atoms with Gasteiger partial charge in [-0.25, -0.2) is 14.1 Å². The summed E-state index contributed by atoms with van der Waals surface area (Å²) in [5.74, 6) is 1.19. The molecule has 0 aliphatic carbocycles. The zero-order valence-electron chi connectivity index (χ0n) is 16.1. The zero-order valence-corrected chi connectivity index (χ0v) is 18.4. The molecule has 1 aromatic carbocycles. The quantitative estimate of drug-likeness (QED) is 0.322. The first-order valence-electron chi connectivity index (χ1n) is 8.75. The molecule has 2 aromatic heterocycles. The maximum atomic E-state index is 13.8. The van der Waals surface area contributed by atoms with Gasteiger partial charge in [-0.05, 0) is 54.8 Å². The van der Waals surface area contributed by atoms with Gasteiger partial charge in [0.2, 0.25) is 0 Å². The minimum atomic E-state index is -0.202. The SMILES string of the molecule is CN=C(NCc1ccnc(-n2cccn2)c1)NC(C)c1ccc(C)c(F)c1.I. The first-order valence-corrected chi connectivity index (χ1v) is 8.75. The van der Waals surface area contributed by atoms with Crippen molar-refractivity contribution in [3.63, 3.8) is 0 Å². The summed E-state index contributed by atoms with van der Waals surface area (Å²) in [6.45, 7) is 4.30. The Kier molecular flexibility index (Phi) is 7.91. The molecule has 1 atom stereocenters. The Morgan fingerprint density at radius 2 is 2.07 bits per heavy atom. The number of nitrogens with one attached hydrogen (secondary N) is 2. The number of aliphatic imine (C=N–C) groups is 1. The minimum Gasteiger partial charge on any atom is -0.352 e. The molecule has 148 valence electrons. The monoisotopic (exact) mass is 494 g/mol. The fourth-order valence-electron chi connectivity index (χ4n) is 2.65. The van der Waals surface area contributed by atoms with E-state index in [-0.39, 0.29) is 35.8 Å². The molecule has 2 N–H and O–H groups in total. The summed E-state index contributed by atoms with van der Waals surface area (Å²) >= 11 is 0. The number of hydrogen-bond acceptors (Lipinski definition) is 3. The highest BCUT2D eigenvalue weighted by molar-refractivity contribution is 14.0. The van der Waals surface area contributed by atoms with Gasteiger partial charge in [-0.2, -0.15) is 5.10 Å². The van der Waals surface area contributed by atoms with Crippen molar-refractivity contribution in [1.82, 2.24) is 25.4 Å². The van der Waals surface area contributed by atoms with E-state index in [4.69, 9.17) is 0 Å². The third-order valence-electron chi connectivity index (χ3n) is 4.28. The van der Waals surface area contributed by atoms with Crippen molar-refractivity contribution in [2.75, 3.05) is 7.05 Å². The van der Waals surface area contributed by atoms with Gasteiger partial charge < -0.3 is 10.6 Å². The van der Waals surface area contributed by atoms with Crippen LogP contribution in [0.25, 0.3) is 5.82 Å². The second kappa shape index (κ2) is 10.2. The van der Waals surface area contributed by atoms with Gasteiger partial charge in [0.25, 0.3) is 0 Å². The summed E-state index contributed by atoms with van der Waals surface area (Å²) in [5, 5.41) is 10.7. The first-order chi connectivity index (χ1) is 13.1. The van der Waals surface area contributed by atoms with E-state index in [0.29, 0.717) is 18.1 Å². The smallest absolute Gasteiger partial charge is 0.191 e. The summed E-state index contributed by atoms with van der Waals surface area (Å²) in [6, 6.07) is 10.9. The van der Waals surface area contributed by atoms with Crippen LogP contribution in [-0.4, -0.2) is 27.8 Å². The van der Waals surface area contributed by atoms with Crippen LogP contribution in [0, 0.1) is 12.7 Å². The highest BCUT2D eigenvalue weighted by atomic mass is 127. The van der Waals surface area contributed by atoms with Gasteiger partial charge in [0, 0.05) is 32.2 Å². The van der Waals surface area contributed by atoms with Crippen LogP contribution < -0.4 is 10.6 Å². The molecule has 0 fully saturated rings. The second-order valence-corrected chi connectivity index (χ2v) is 6.27. The molecule has 3 aromatic rings. The van der Waals surface area contributed by atoms with E-state index < -0.39 is 0 Å². The third-order valence-corrected chi connectivity index (χ3v) is 4.28. The summed E-state index contributed by atoms with van der Waals surface area (Å²) in [7, 11) is 1.71. The van der Waals surface area contributed by atoms with Crippen molar-refractivity contribution in [1.29, 1.82) is 0 Å². The molecule has 0 amide bonds. The normalized spacial score (nSPS) is 12.2. The van der Waals surface area contributed by atoms with Crippen molar-refractivity contribution in [2.45, 2.75) is 26.4 Å². The third kappa shape index (κ3) is 5.51. The Labute approximate surface area is 181 Å². The topological polar surface area (TPSA) is 67.1 Å². The molecule has 0 radical (unpaired) electrons. The molecule has 0 aliphatic rings. The van der Waals surface area contributed by atoms with Crippen LogP contribution in [0.3, 0.4) is 0 Å². The number of aromatic nitrogens is 3. The van der Waals surface area contributed by atoms with Gasteiger partial charge in [0.1, 0.15) is 5.82 Å². The second-order valence-electron chi connectivity index (χ2n) is 6.27. The summed E-state index contributed by atoms with van der Waals surface area (Å²) in [4.78, 5) is 8.57. The maximum absolute atomic E-state index is 13.8. The van der Waals surface area contributed by atoms with Crippen LogP contribution in [0.15, 0.2) is 60.0 Å². The predicted molar refractivity (Wildman–Crippen MR) is 120 cm³/mol.